The molecule has 8 heteroatoms. The van der Waals surface area contributed by atoms with Crippen molar-refractivity contribution in [1.82, 2.24) is 4.98 Å². The van der Waals surface area contributed by atoms with Crippen molar-refractivity contribution in [2.24, 2.45) is 15.3 Å². The molecular weight excluding hydrogens is 380 g/mol. The zero-order valence-electron chi connectivity index (χ0n) is 15.7. The highest BCUT2D eigenvalue weighted by Crippen LogP contribution is 2.18. The molecule has 4 aromatic rings. The molecule has 1 N–H and O–H groups in total. The number of nitro benzene ring substituents is 1. The first-order valence-corrected chi connectivity index (χ1v) is 9.10. The largest absolute Gasteiger partial charge is 0.270 e. The van der Waals surface area contributed by atoms with Crippen LogP contribution in [-0.4, -0.2) is 15.7 Å². The van der Waals surface area contributed by atoms with Gasteiger partial charge in [-0.05, 0) is 30.3 Å². The topological polar surface area (TPSA) is 105 Å². The van der Waals surface area contributed by atoms with Crippen molar-refractivity contribution in [3.8, 4) is 0 Å². The van der Waals surface area contributed by atoms with E-state index in [4.69, 9.17) is 0 Å². The summed E-state index contributed by atoms with van der Waals surface area (Å²) >= 11 is 0. The third-order valence-corrected chi connectivity index (χ3v) is 4.21. The van der Waals surface area contributed by atoms with E-state index >= 15 is 0 Å². The van der Waals surface area contributed by atoms with Crippen LogP contribution in [0.3, 0.4) is 0 Å². The van der Waals surface area contributed by atoms with Crippen molar-refractivity contribution in [1.29, 1.82) is 0 Å². The number of amidine groups is 1. The summed E-state index contributed by atoms with van der Waals surface area (Å²) in [5.74, 6) is 0.712. The van der Waals surface area contributed by atoms with Crippen LogP contribution >= 0.6 is 0 Å². The Balaban J connectivity index is 1.68. The Kier molecular flexibility index (Phi) is 5.47. The highest BCUT2D eigenvalue weighted by molar-refractivity contribution is 6.00. The number of pyridine rings is 1. The lowest BCUT2D eigenvalue weighted by atomic mass is 10.2. The number of para-hydroxylation sites is 1. The molecule has 3 aromatic carbocycles. The number of nitrogens with zero attached hydrogens (tertiary/aromatic N) is 5. The van der Waals surface area contributed by atoms with Crippen LogP contribution in [0.5, 0.6) is 0 Å². The summed E-state index contributed by atoms with van der Waals surface area (Å²) in [4.78, 5) is 15.2. The van der Waals surface area contributed by atoms with Crippen LogP contribution in [-0.2, 0) is 0 Å². The predicted molar refractivity (Wildman–Crippen MR) is 116 cm³/mol. The van der Waals surface area contributed by atoms with Gasteiger partial charge in [0.25, 0.3) is 5.69 Å². The van der Waals surface area contributed by atoms with Gasteiger partial charge in [0.05, 0.1) is 16.1 Å². The lowest BCUT2D eigenvalue weighted by Crippen LogP contribution is -2.03. The Morgan fingerprint density at radius 1 is 0.900 bits per heavy atom. The maximum absolute atomic E-state index is 11.1. The normalized spacial score (nSPS) is 11.7. The molecule has 0 saturated heterocycles. The van der Waals surface area contributed by atoms with E-state index in [1.54, 1.807) is 30.3 Å². The van der Waals surface area contributed by atoms with Crippen molar-refractivity contribution in [2.45, 2.75) is 0 Å². The minimum atomic E-state index is -0.465. The van der Waals surface area contributed by atoms with Gasteiger partial charge >= 0.3 is 0 Å². The van der Waals surface area contributed by atoms with Crippen LogP contribution in [0.25, 0.3) is 10.9 Å². The standard InChI is InChI=1S/C22H16N6O2/c29-28(30)19-11-6-8-17(15-19)22(26-24-18-9-2-1-3-10-18)27-25-21-14-13-16-7-4-5-12-20(16)23-21/h1-15H,(H,23,25). The van der Waals surface area contributed by atoms with Gasteiger partial charge in [-0.15, -0.1) is 10.2 Å². The van der Waals surface area contributed by atoms with E-state index in [0.717, 1.165) is 10.9 Å². The van der Waals surface area contributed by atoms with Crippen LogP contribution in [0.4, 0.5) is 17.2 Å². The number of nitro groups is 1. The molecule has 0 radical (unpaired) electrons. The zero-order chi connectivity index (χ0) is 20.8. The Hall–Kier alpha value is -4.46. The van der Waals surface area contributed by atoms with Crippen LogP contribution in [0.2, 0.25) is 0 Å². The Bertz CT molecular complexity index is 1250. The number of azo groups is 1. The van der Waals surface area contributed by atoms with Crippen molar-refractivity contribution >= 4 is 33.9 Å². The molecule has 0 saturated carbocycles. The maximum atomic E-state index is 11.1. The molecule has 1 heterocycles. The molecule has 0 aliphatic heterocycles. The van der Waals surface area contributed by atoms with Gasteiger partial charge in [0.2, 0.25) is 5.84 Å². The molecular formula is C22H16N6O2. The Morgan fingerprint density at radius 2 is 1.70 bits per heavy atom. The molecule has 0 atom stereocenters. The summed E-state index contributed by atoms with van der Waals surface area (Å²) in [6, 6.07) is 26.7. The van der Waals surface area contributed by atoms with Crippen molar-refractivity contribution < 1.29 is 4.92 Å². The van der Waals surface area contributed by atoms with E-state index in [1.165, 1.54) is 12.1 Å². The Morgan fingerprint density at radius 3 is 2.53 bits per heavy atom. The number of benzene rings is 3. The summed E-state index contributed by atoms with van der Waals surface area (Å²) in [5.41, 5.74) is 4.73. The van der Waals surface area contributed by atoms with Gasteiger partial charge in [-0.3, -0.25) is 15.5 Å². The summed E-state index contributed by atoms with van der Waals surface area (Å²) < 4.78 is 0. The van der Waals surface area contributed by atoms with Gasteiger partial charge in [0.1, 0.15) is 5.82 Å². The summed E-state index contributed by atoms with van der Waals surface area (Å²) in [5, 5.41) is 24.8. The average Bonchev–Trinajstić information content (AvgIpc) is 2.79. The SMILES string of the molecule is O=[N+]([O-])c1cccc(C(N=Nc2ccccc2)=NNc2ccc3ccccc3n2)c1. The van der Waals surface area contributed by atoms with Gasteiger partial charge in [0, 0.05) is 23.1 Å². The number of non-ortho nitro benzene ring substituents is 1. The first-order valence-electron chi connectivity index (χ1n) is 9.10. The van der Waals surface area contributed by atoms with E-state index in [2.05, 4.69) is 25.7 Å². The van der Waals surface area contributed by atoms with E-state index < -0.39 is 4.92 Å². The summed E-state index contributed by atoms with van der Waals surface area (Å²) in [6.45, 7) is 0. The highest BCUT2D eigenvalue weighted by Gasteiger charge is 2.10. The van der Waals surface area contributed by atoms with E-state index in [-0.39, 0.29) is 11.5 Å². The van der Waals surface area contributed by atoms with E-state index in [1.807, 2.05) is 48.5 Å². The molecule has 0 spiro atoms. The second kappa shape index (κ2) is 8.70. The van der Waals surface area contributed by atoms with Gasteiger partial charge < -0.3 is 0 Å². The quantitative estimate of drug-likeness (QED) is 0.153. The maximum Gasteiger partial charge on any atom is 0.270 e. The predicted octanol–water partition coefficient (Wildman–Crippen LogP) is 5.70. The molecule has 0 bridgehead atoms. The van der Waals surface area contributed by atoms with Crippen LogP contribution in [0.1, 0.15) is 5.56 Å². The molecule has 0 aliphatic rings. The summed E-state index contributed by atoms with van der Waals surface area (Å²) in [7, 11) is 0. The lowest BCUT2D eigenvalue weighted by molar-refractivity contribution is -0.384. The van der Waals surface area contributed by atoms with Gasteiger partial charge in [-0.1, -0.05) is 48.5 Å². The molecule has 0 unspecified atom stereocenters. The molecule has 0 amide bonds. The smallest absolute Gasteiger partial charge is 0.259 e. The number of rotatable bonds is 5. The third-order valence-electron chi connectivity index (χ3n) is 4.21. The lowest BCUT2D eigenvalue weighted by Gasteiger charge is -2.04. The second-order valence-corrected chi connectivity index (χ2v) is 6.28. The molecule has 146 valence electrons. The summed E-state index contributed by atoms with van der Waals surface area (Å²) in [6.07, 6.45) is 0. The number of hydrazone groups is 1. The number of nitrogens with one attached hydrogen (secondary N) is 1. The van der Waals surface area contributed by atoms with Crippen LogP contribution in [0.15, 0.2) is 106 Å². The van der Waals surface area contributed by atoms with Crippen molar-refractivity contribution in [2.75, 3.05) is 5.43 Å². The first-order chi connectivity index (χ1) is 14.7. The fraction of sp³-hybridized carbons (Fsp3) is 0. The van der Waals surface area contributed by atoms with E-state index in [0.29, 0.717) is 17.1 Å². The molecule has 30 heavy (non-hydrogen) atoms. The molecule has 1 aromatic heterocycles. The van der Waals surface area contributed by atoms with Crippen molar-refractivity contribution in [3.63, 3.8) is 0 Å². The third kappa shape index (κ3) is 4.50. The van der Waals surface area contributed by atoms with E-state index in [9.17, 15) is 10.1 Å². The molecule has 4 rings (SSSR count). The Labute approximate surface area is 171 Å². The minimum Gasteiger partial charge on any atom is -0.259 e. The number of fused-ring (bicyclic) bond motifs is 1. The van der Waals surface area contributed by atoms with Gasteiger partial charge in [0.15, 0.2) is 0 Å². The van der Waals surface area contributed by atoms with Crippen LogP contribution in [0, 0.1) is 10.1 Å². The monoisotopic (exact) mass is 396 g/mol. The average molecular weight is 396 g/mol. The first kappa shape index (κ1) is 18.9. The van der Waals surface area contributed by atoms with Crippen LogP contribution < -0.4 is 5.43 Å². The fourth-order valence-electron chi connectivity index (χ4n) is 2.74. The van der Waals surface area contributed by atoms with Crippen molar-refractivity contribution in [3.05, 3.63) is 107 Å². The number of anilines is 1. The minimum absolute atomic E-state index is 0.0565. The molecule has 0 aliphatic carbocycles. The van der Waals surface area contributed by atoms with Gasteiger partial charge in [-0.25, -0.2) is 4.98 Å². The number of hydrogen-bond acceptors (Lipinski definition) is 6. The number of hydrogen-bond donors (Lipinski definition) is 1. The molecule has 8 nitrogen and oxygen atoms in total. The number of aromatic nitrogens is 1. The highest BCUT2D eigenvalue weighted by atomic mass is 16.6. The molecule has 0 fully saturated rings. The zero-order valence-corrected chi connectivity index (χ0v) is 15.7. The second-order valence-electron chi connectivity index (χ2n) is 6.28. The van der Waals surface area contributed by atoms with Gasteiger partial charge in [-0.2, -0.15) is 5.10 Å². The fourth-order valence-corrected chi connectivity index (χ4v) is 2.74.